The van der Waals surface area contributed by atoms with Crippen molar-refractivity contribution in [2.24, 2.45) is 0 Å². The lowest BCUT2D eigenvalue weighted by Gasteiger charge is -2.33. The van der Waals surface area contributed by atoms with Crippen molar-refractivity contribution >= 4 is 5.91 Å². The molecule has 5 rings (SSSR count). The number of carbonyl (C=O) groups excluding carboxylic acids is 1. The maximum atomic E-state index is 13.5. The molecule has 2 aromatic carbocycles. The van der Waals surface area contributed by atoms with Crippen LogP contribution in [0.5, 0.6) is 11.6 Å². The summed E-state index contributed by atoms with van der Waals surface area (Å²) in [6.07, 6.45) is 10.7. The standard InChI is InChI=1S/C26H25N5O2/c32-26(23-11-5-4-7-20(23)17-30-14-12-27-19-30)31-13-6-8-21(18-31)24-15-28-16-25(29-24)33-22-9-2-1-3-10-22/h1-5,7,9-12,14-16,19,21H,6,8,13,17-18H2. The molecule has 4 aromatic rings. The van der Waals surface area contributed by atoms with Crippen LogP contribution in [0, 0.1) is 0 Å². The summed E-state index contributed by atoms with van der Waals surface area (Å²) in [5, 5.41) is 0. The summed E-state index contributed by atoms with van der Waals surface area (Å²) >= 11 is 0. The van der Waals surface area contributed by atoms with E-state index in [-0.39, 0.29) is 11.8 Å². The Balaban J connectivity index is 1.32. The van der Waals surface area contributed by atoms with Crippen LogP contribution in [0.1, 0.15) is 40.4 Å². The summed E-state index contributed by atoms with van der Waals surface area (Å²) in [6, 6.07) is 17.3. The fourth-order valence-electron chi connectivity index (χ4n) is 4.23. The lowest BCUT2D eigenvalue weighted by atomic mass is 9.94. The maximum absolute atomic E-state index is 13.5. The van der Waals surface area contributed by atoms with Crippen molar-refractivity contribution in [2.75, 3.05) is 13.1 Å². The molecular weight excluding hydrogens is 414 g/mol. The van der Waals surface area contributed by atoms with Crippen molar-refractivity contribution in [2.45, 2.75) is 25.3 Å². The van der Waals surface area contributed by atoms with Crippen LogP contribution in [-0.2, 0) is 6.54 Å². The van der Waals surface area contributed by atoms with Crippen molar-refractivity contribution < 1.29 is 9.53 Å². The summed E-state index contributed by atoms with van der Waals surface area (Å²) in [4.78, 5) is 28.5. The summed E-state index contributed by atoms with van der Waals surface area (Å²) < 4.78 is 7.83. The first kappa shape index (κ1) is 20.9. The van der Waals surface area contributed by atoms with Crippen LogP contribution in [0.2, 0.25) is 0 Å². The average molecular weight is 440 g/mol. The van der Waals surface area contributed by atoms with Crippen molar-refractivity contribution in [1.82, 2.24) is 24.4 Å². The summed E-state index contributed by atoms with van der Waals surface area (Å²) in [7, 11) is 0. The molecule has 33 heavy (non-hydrogen) atoms. The number of nitrogens with zero attached hydrogens (tertiary/aromatic N) is 5. The number of ether oxygens (including phenoxy) is 1. The van der Waals surface area contributed by atoms with Crippen LogP contribution in [-0.4, -0.2) is 43.4 Å². The Kier molecular flexibility index (Phi) is 6.10. The van der Waals surface area contributed by atoms with Gasteiger partial charge in [-0.05, 0) is 36.6 Å². The largest absolute Gasteiger partial charge is 0.437 e. The number of piperidine rings is 1. The molecule has 3 heterocycles. The molecule has 1 aliphatic rings. The minimum atomic E-state index is 0.0556. The minimum Gasteiger partial charge on any atom is -0.437 e. The van der Waals surface area contributed by atoms with Gasteiger partial charge in [-0.25, -0.2) is 9.97 Å². The van der Waals surface area contributed by atoms with E-state index in [1.807, 2.05) is 70.3 Å². The van der Waals surface area contributed by atoms with Crippen molar-refractivity contribution in [1.29, 1.82) is 0 Å². The maximum Gasteiger partial charge on any atom is 0.254 e. The van der Waals surface area contributed by atoms with Crippen molar-refractivity contribution in [3.05, 3.63) is 103 Å². The highest BCUT2D eigenvalue weighted by Gasteiger charge is 2.28. The number of benzene rings is 2. The van der Waals surface area contributed by atoms with E-state index >= 15 is 0 Å². The number of likely N-dealkylation sites (tertiary alicyclic amines) is 1. The number of aromatic nitrogens is 4. The van der Waals surface area contributed by atoms with E-state index in [1.165, 1.54) is 0 Å². The number of hydrogen-bond acceptors (Lipinski definition) is 5. The van der Waals surface area contributed by atoms with Crippen LogP contribution in [0.25, 0.3) is 0 Å². The van der Waals surface area contributed by atoms with Gasteiger partial charge < -0.3 is 14.2 Å². The van der Waals surface area contributed by atoms with Gasteiger partial charge in [0.15, 0.2) is 0 Å². The summed E-state index contributed by atoms with van der Waals surface area (Å²) in [5.41, 5.74) is 2.58. The Hall–Kier alpha value is -4.00. The van der Waals surface area contributed by atoms with Crippen LogP contribution >= 0.6 is 0 Å². The zero-order valence-electron chi connectivity index (χ0n) is 18.2. The predicted molar refractivity (Wildman–Crippen MR) is 124 cm³/mol. The van der Waals surface area contributed by atoms with E-state index in [4.69, 9.17) is 9.72 Å². The van der Waals surface area contributed by atoms with Gasteiger partial charge in [0.05, 0.1) is 18.2 Å². The number of amides is 1. The molecule has 166 valence electrons. The SMILES string of the molecule is O=C(c1ccccc1Cn1ccnc1)N1CCCC(c2cncc(Oc3ccccc3)n2)C1. The first-order valence-electron chi connectivity index (χ1n) is 11.1. The van der Waals surface area contributed by atoms with Gasteiger partial charge in [-0.15, -0.1) is 0 Å². The van der Waals surface area contributed by atoms with E-state index in [9.17, 15) is 4.79 Å². The molecule has 1 unspecified atom stereocenters. The molecule has 2 aromatic heterocycles. The predicted octanol–water partition coefficient (Wildman–Crippen LogP) is 4.53. The van der Waals surface area contributed by atoms with Gasteiger partial charge >= 0.3 is 0 Å². The second-order valence-corrected chi connectivity index (χ2v) is 8.18. The normalized spacial score (nSPS) is 15.9. The smallest absolute Gasteiger partial charge is 0.254 e. The van der Waals surface area contributed by atoms with Crippen LogP contribution < -0.4 is 4.74 Å². The van der Waals surface area contributed by atoms with Crippen LogP contribution in [0.4, 0.5) is 0 Å². The topological polar surface area (TPSA) is 73.1 Å². The Labute approximate surface area is 192 Å². The molecule has 0 N–H and O–H groups in total. The van der Waals surface area contributed by atoms with Gasteiger partial charge in [-0.1, -0.05) is 36.4 Å². The fraction of sp³-hybridized carbons (Fsp3) is 0.231. The third-order valence-electron chi connectivity index (χ3n) is 5.88. The molecule has 7 nitrogen and oxygen atoms in total. The highest BCUT2D eigenvalue weighted by Crippen LogP contribution is 2.28. The summed E-state index contributed by atoms with van der Waals surface area (Å²) in [6.45, 7) is 1.97. The number of rotatable bonds is 6. The Morgan fingerprint density at radius 1 is 1.03 bits per heavy atom. The van der Waals surface area contributed by atoms with Gasteiger partial charge in [0.2, 0.25) is 5.88 Å². The molecule has 0 bridgehead atoms. The average Bonchev–Trinajstić information content (AvgIpc) is 3.38. The van der Waals surface area contributed by atoms with Crippen LogP contribution in [0.3, 0.4) is 0 Å². The van der Waals surface area contributed by atoms with E-state index in [1.54, 1.807) is 24.9 Å². The third kappa shape index (κ3) is 4.92. The number of imidazole rings is 1. The molecule has 0 spiro atoms. The fourth-order valence-corrected chi connectivity index (χ4v) is 4.23. The zero-order chi connectivity index (χ0) is 22.5. The molecule has 0 aliphatic carbocycles. The second-order valence-electron chi connectivity index (χ2n) is 8.18. The Morgan fingerprint density at radius 2 is 1.88 bits per heavy atom. The van der Waals surface area contributed by atoms with Crippen molar-refractivity contribution in [3.63, 3.8) is 0 Å². The number of para-hydroxylation sites is 1. The molecule has 7 heteroatoms. The monoisotopic (exact) mass is 439 g/mol. The van der Waals surface area contributed by atoms with E-state index < -0.39 is 0 Å². The van der Waals surface area contributed by atoms with Gasteiger partial charge in [0.1, 0.15) is 5.75 Å². The first-order valence-corrected chi connectivity index (χ1v) is 11.1. The zero-order valence-corrected chi connectivity index (χ0v) is 18.2. The highest BCUT2D eigenvalue weighted by molar-refractivity contribution is 5.95. The van der Waals surface area contributed by atoms with E-state index in [0.717, 1.165) is 42.0 Å². The molecule has 0 saturated carbocycles. The van der Waals surface area contributed by atoms with Gasteiger partial charge in [-0.2, -0.15) is 0 Å². The summed E-state index contributed by atoms with van der Waals surface area (Å²) in [5.74, 6) is 1.36. The molecule has 1 saturated heterocycles. The minimum absolute atomic E-state index is 0.0556. The molecule has 0 radical (unpaired) electrons. The molecule has 1 fully saturated rings. The van der Waals surface area contributed by atoms with E-state index in [0.29, 0.717) is 19.0 Å². The quantitative estimate of drug-likeness (QED) is 0.441. The second kappa shape index (κ2) is 9.65. The highest BCUT2D eigenvalue weighted by atomic mass is 16.5. The molecule has 1 amide bonds. The number of hydrogen-bond donors (Lipinski definition) is 0. The van der Waals surface area contributed by atoms with Crippen molar-refractivity contribution in [3.8, 4) is 11.6 Å². The first-order chi connectivity index (χ1) is 16.3. The molecule has 1 aliphatic heterocycles. The lowest BCUT2D eigenvalue weighted by Crippen LogP contribution is -2.39. The molecular formula is C26H25N5O2. The number of carbonyl (C=O) groups is 1. The van der Waals surface area contributed by atoms with Gasteiger partial charge in [0.25, 0.3) is 5.91 Å². The van der Waals surface area contributed by atoms with Crippen LogP contribution in [0.15, 0.2) is 85.7 Å². The lowest BCUT2D eigenvalue weighted by molar-refractivity contribution is 0.0704. The molecule has 1 atom stereocenters. The Morgan fingerprint density at radius 3 is 2.73 bits per heavy atom. The third-order valence-corrected chi connectivity index (χ3v) is 5.88. The Bertz CT molecular complexity index is 1210. The van der Waals surface area contributed by atoms with E-state index in [2.05, 4.69) is 9.97 Å². The van der Waals surface area contributed by atoms with Gasteiger partial charge in [0, 0.05) is 49.7 Å². The van der Waals surface area contributed by atoms with Gasteiger partial charge in [-0.3, -0.25) is 9.78 Å².